The number of nitrogens with two attached hydrogens (primary N) is 1. The fourth-order valence-electron chi connectivity index (χ4n) is 3.23. The van der Waals surface area contributed by atoms with Crippen LogP contribution < -0.4 is 5.73 Å². The summed E-state index contributed by atoms with van der Waals surface area (Å²) in [7, 11) is 0. The van der Waals surface area contributed by atoms with Crippen LogP contribution in [0.4, 0.5) is 11.5 Å². The second-order valence-corrected chi connectivity index (χ2v) is 6.28. The van der Waals surface area contributed by atoms with Crippen molar-refractivity contribution in [1.82, 2.24) is 9.88 Å². The van der Waals surface area contributed by atoms with Crippen LogP contribution in [0.5, 0.6) is 0 Å². The maximum Gasteiger partial charge on any atom is 0.314 e. The molecule has 2 heterocycles. The molecular weight excluding hydrogens is 284 g/mol. The van der Waals surface area contributed by atoms with Gasteiger partial charge in [-0.3, -0.25) is 14.9 Å². The third kappa shape index (κ3) is 2.40. The van der Waals surface area contributed by atoms with Gasteiger partial charge in [0.25, 0.3) is 0 Å². The number of carbonyl (C=O) groups is 1. The third-order valence-electron chi connectivity index (χ3n) is 4.78. The lowest BCUT2D eigenvalue weighted by Crippen LogP contribution is -2.29. The Bertz CT molecular complexity index is 655. The Morgan fingerprint density at radius 2 is 2.00 bits per heavy atom. The first-order valence-electron chi connectivity index (χ1n) is 7.60. The minimum absolute atomic E-state index is 0.0323. The van der Waals surface area contributed by atoms with Crippen molar-refractivity contribution in [1.29, 1.82) is 0 Å². The molecule has 3 rings (SSSR count). The summed E-state index contributed by atoms with van der Waals surface area (Å²) in [5.41, 5.74) is 7.85. The molecule has 2 aliphatic rings. The number of hydrogen-bond acceptors (Lipinski definition) is 5. The average Bonchev–Trinajstić information content (AvgIpc) is 3.19. The van der Waals surface area contributed by atoms with Crippen molar-refractivity contribution in [3.05, 3.63) is 26.9 Å². The Labute approximate surface area is 128 Å². The smallest absolute Gasteiger partial charge is 0.314 e. The zero-order valence-corrected chi connectivity index (χ0v) is 12.8. The molecule has 1 saturated carbocycles. The van der Waals surface area contributed by atoms with E-state index in [9.17, 15) is 14.9 Å². The number of pyridine rings is 1. The zero-order chi connectivity index (χ0) is 16.0. The van der Waals surface area contributed by atoms with Crippen molar-refractivity contribution in [2.45, 2.75) is 39.0 Å². The van der Waals surface area contributed by atoms with Crippen molar-refractivity contribution >= 4 is 17.4 Å². The van der Waals surface area contributed by atoms with E-state index in [4.69, 9.17) is 5.73 Å². The number of anilines is 1. The topological polar surface area (TPSA) is 102 Å². The normalized spacial score (nSPS) is 21.2. The van der Waals surface area contributed by atoms with Gasteiger partial charge in [0, 0.05) is 30.5 Å². The molecule has 1 aliphatic heterocycles. The summed E-state index contributed by atoms with van der Waals surface area (Å²) in [6.45, 7) is 4.92. The number of aromatic nitrogens is 1. The molecule has 1 atom stereocenters. The van der Waals surface area contributed by atoms with Crippen LogP contribution in [0, 0.1) is 29.9 Å². The highest BCUT2D eigenvalue weighted by Gasteiger charge is 2.38. The lowest BCUT2D eigenvalue weighted by Gasteiger charge is -2.18. The van der Waals surface area contributed by atoms with Gasteiger partial charge in [-0.25, -0.2) is 4.98 Å². The average molecular weight is 304 g/mol. The van der Waals surface area contributed by atoms with Crippen LogP contribution in [0.3, 0.4) is 0 Å². The van der Waals surface area contributed by atoms with E-state index in [0.717, 1.165) is 37.1 Å². The fraction of sp³-hybridized carbons (Fsp3) is 0.600. The number of amides is 1. The summed E-state index contributed by atoms with van der Waals surface area (Å²) in [6, 6.07) is 0. The summed E-state index contributed by atoms with van der Waals surface area (Å²) in [5, 5.41) is 11.1. The van der Waals surface area contributed by atoms with Crippen molar-refractivity contribution < 1.29 is 9.72 Å². The van der Waals surface area contributed by atoms with Gasteiger partial charge < -0.3 is 10.6 Å². The van der Waals surface area contributed by atoms with Crippen molar-refractivity contribution in [3.8, 4) is 0 Å². The quantitative estimate of drug-likeness (QED) is 0.678. The number of nitrogens with zero attached hydrogens (tertiary/aromatic N) is 3. The summed E-state index contributed by atoms with van der Waals surface area (Å²) in [6.07, 6.45) is 2.84. The lowest BCUT2D eigenvalue weighted by molar-refractivity contribution is -0.384. The van der Waals surface area contributed by atoms with E-state index in [2.05, 4.69) is 4.98 Å². The van der Waals surface area contributed by atoms with Gasteiger partial charge in [-0.2, -0.15) is 0 Å². The molecule has 1 amide bonds. The van der Waals surface area contributed by atoms with Crippen LogP contribution in [0.15, 0.2) is 0 Å². The molecule has 0 bridgehead atoms. The fourth-order valence-corrected chi connectivity index (χ4v) is 3.23. The first kappa shape index (κ1) is 14.7. The monoisotopic (exact) mass is 304 g/mol. The lowest BCUT2D eigenvalue weighted by atomic mass is 9.96. The number of rotatable bonds is 3. The van der Waals surface area contributed by atoms with Gasteiger partial charge in [0.1, 0.15) is 0 Å². The van der Waals surface area contributed by atoms with Gasteiger partial charge in [-0.1, -0.05) is 0 Å². The molecule has 0 radical (unpaired) electrons. The molecule has 0 spiro atoms. The first-order valence-corrected chi connectivity index (χ1v) is 7.60. The van der Waals surface area contributed by atoms with Crippen molar-refractivity contribution in [3.63, 3.8) is 0 Å². The van der Waals surface area contributed by atoms with Crippen molar-refractivity contribution in [2.24, 2.45) is 5.92 Å². The molecule has 1 aromatic heterocycles. The van der Waals surface area contributed by atoms with E-state index in [0.29, 0.717) is 12.1 Å². The van der Waals surface area contributed by atoms with Crippen molar-refractivity contribution in [2.75, 3.05) is 18.8 Å². The molecule has 7 heteroatoms. The highest BCUT2D eigenvalue weighted by molar-refractivity contribution is 5.81. The number of carbonyl (C=O) groups excluding carboxylic acids is 1. The molecule has 22 heavy (non-hydrogen) atoms. The van der Waals surface area contributed by atoms with Crippen LogP contribution in [0.2, 0.25) is 0 Å². The van der Waals surface area contributed by atoms with Crippen LogP contribution in [0.1, 0.15) is 42.0 Å². The summed E-state index contributed by atoms with van der Waals surface area (Å²) in [5.74, 6) is 0.544. The van der Waals surface area contributed by atoms with Gasteiger partial charge in [0.05, 0.1) is 10.6 Å². The molecule has 1 aromatic rings. The maximum atomic E-state index is 12.1. The first-order chi connectivity index (χ1) is 10.4. The summed E-state index contributed by atoms with van der Waals surface area (Å²) >= 11 is 0. The van der Waals surface area contributed by atoms with Crippen LogP contribution in [0.25, 0.3) is 0 Å². The molecule has 1 saturated heterocycles. The van der Waals surface area contributed by atoms with Crippen LogP contribution >= 0.6 is 0 Å². The molecule has 2 N–H and O–H groups in total. The van der Waals surface area contributed by atoms with E-state index >= 15 is 0 Å². The zero-order valence-electron chi connectivity index (χ0n) is 12.8. The Hall–Kier alpha value is -2.18. The van der Waals surface area contributed by atoms with Gasteiger partial charge in [-0.15, -0.1) is 0 Å². The molecule has 1 unspecified atom stereocenters. The molecule has 118 valence electrons. The number of nitro groups is 1. The van der Waals surface area contributed by atoms with Crippen LogP contribution in [-0.4, -0.2) is 33.8 Å². The Kier molecular flexibility index (Phi) is 3.50. The van der Waals surface area contributed by atoms with E-state index in [-0.39, 0.29) is 29.2 Å². The number of nitrogen functional groups attached to an aromatic ring is 1. The molecular formula is C15H20N4O3. The minimum atomic E-state index is -0.480. The molecule has 7 nitrogen and oxygen atoms in total. The largest absolute Gasteiger partial charge is 0.378 e. The summed E-state index contributed by atoms with van der Waals surface area (Å²) in [4.78, 5) is 28.9. The SMILES string of the molecule is Cc1c(C2CCN(C(=O)C3CC3)C2)nc(N)c([N+](=O)[O-])c1C. The minimum Gasteiger partial charge on any atom is -0.378 e. The predicted molar refractivity (Wildman–Crippen MR) is 81.4 cm³/mol. The molecule has 2 fully saturated rings. The second-order valence-electron chi connectivity index (χ2n) is 6.28. The predicted octanol–water partition coefficient (Wildman–Crippen LogP) is 1.91. The molecule has 1 aliphatic carbocycles. The van der Waals surface area contributed by atoms with Gasteiger partial charge in [-0.05, 0) is 38.7 Å². The Balaban J connectivity index is 1.86. The van der Waals surface area contributed by atoms with Gasteiger partial charge in [0.15, 0.2) is 0 Å². The van der Waals surface area contributed by atoms with E-state index < -0.39 is 4.92 Å². The maximum absolute atomic E-state index is 12.1. The van der Waals surface area contributed by atoms with E-state index in [1.54, 1.807) is 6.92 Å². The molecule has 0 aromatic carbocycles. The standard InChI is InChI=1S/C15H20N4O3/c1-8-9(2)13(19(21)22)14(16)17-12(8)11-5-6-18(7-11)15(20)10-3-4-10/h10-11H,3-7H2,1-2H3,(H2,16,17). The van der Waals surface area contributed by atoms with E-state index in [1.807, 2.05) is 11.8 Å². The third-order valence-corrected chi connectivity index (χ3v) is 4.78. The Morgan fingerprint density at radius 3 is 2.59 bits per heavy atom. The van der Waals surface area contributed by atoms with E-state index in [1.165, 1.54) is 0 Å². The number of hydrogen-bond donors (Lipinski definition) is 1. The Morgan fingerprint density at radius 1 is 1.32 bits per heavy atom. The highest BCUT2D eigenvalue weighted by Crippen LogP contribution is 2.37. The van der Waals surface area contributed by atoms with Crippen LogP contribution in [-0.2, 0) is 4.79 Å². The highest BCUT2D eigenvalue weighted by atomic mass is 16.6. The number of likely N-dealkylation sites (tertiary alicyclic amines) is 1. The van der Waals surface area contributed by atoms with Gasteiger partial charge >= 0.3 is 5.69 Å². The van der Waals surface area contributed by atoms with Gasteiger partial charge in [0.2, 0.25) is 11.7 Å². The summed E-state index contributed by atoms with van der Waals surface area (Å²) < 4.78 is 0. The second kappa shape index (κ2) is 5.23.